The van der Waals surface area contributed by atoms with E-state index in [9.17, 15) is 5.11 Å². The van der Waals surface area contributed by atoms with Gasteiger partial charge in [-0.3, -0.25) is 0 Å². The van der Waals surface area contributed by atoms with Crippen LogP contribution in [0.25, 0.3) is 11.1 Å². The van der Waals surface area contributed by atoms with Crippen LogP contribution in [0.5, 0.6) is 11.5 Å². The van der Waals surface area contributed by atoms with Gasteiger partial charge in [0.05, 0.1) is 0 Å². The van der Waals surface area contributed by atoms with Crippen LogP contribution in [0.1, 0.15) is 29.7 Å². The number of phenolic OH excluding ortho intramolecular Hbond substituents is 1. The van der Waals surface area contributed by atoms with Gasteiger partial charge in [-0.15, -0.1) is 0 Å². The molecule has 1 N–H and O–H groups in total. The standard InChI is InChI=1S/C22H16BrIO2/c1-13-19-12-18(25)9-10-20(19)26-22(14-5-7-17(24)8-6-14)21(13)15-3-2-4-16(23)11-15/h2-12,22,25H,1H3. The van der Waals surface area contributed by atoms with Gasteiger partial charge in [0.1, 0.15) is 17.6 Å². The average molecular weight is 519 g/mol. The molecule has 0 spiro atoms. The Hall–Kier alpha value is -1.79. The molecule has 1 atom stereocenters. The second-order valence-corrected chi connectivity index (χ2v) is 8.44. The van der Waals surface area contributed by atoms with Gasteiger partial charge in [-0.2, -0.15) is 0 Å². The fraction of sp³-hybridized carbons (Fsp3) is 0.0909. The molecular formula is C22H16BrIO2. The molecule has 3 aromatic rings. The van der Waals surface area contributed by atoms with E-state index in [0.29, 0.717) is 0 Å². The largest absolute Gasteiger partial charge is 0.508 e. The lowest BCUT2D eigenvalue weighted by molar-refractivity contribution is 0.259. The number of aromatic hydroxyl groups is 1. The maximum Gasteiger partial charge on any atom is 0.150 e. The molecule has 0 aliphatic carbocycles. The summed E-state index contributed by atoms with van der Waals surface area (Å²) in [5.74, 6) is 1.04. The molecule has 4 rings (SSSR count). The van der Waals surface area contributed by atoms with E-state index in [1.54, 1.807) is 12.1 Å². The number of fused-ring (bicyclic) bond motifs is 1. The predicted molar refractivity (Wildman–Crippen MR) is 117 cm³/mol. The van der Waals surface area contributed by atoms with E-state index >= 15 is 0 Å². The van der Waals surface area contributed by atoms with Crippen molar-refractivity contribution in [3.63, 3.8) is 0 Å². The van der Waals surface area contributed by atoms with Crippen molar-refractivity contribution in [2.24, 2.45) is 0 Å². The number of allylic oxidation sites excluding steroid dienone is 1. The molecule has 2 nitrogen and oxygen atoms in total. The van der Waals surface area contributed by atoms with Crippen LogP contribution < -0.4 is 4.74 Å². The molecular weight excluding hydrogens is 503 g/mol. The zero-order chi connectivity index (χ0) is 18.3. The fourth-order valence-electron chi connectivity index (χ4n) is 3.34. The van der Waals surface area contributed by atoms with Crippen LogP contribution in [0.15, 0.2) is 71.2 Å². The summed E-state index contributed by atoms with van der Waals surface area (Å²) in [5, 5.41) is 9.93. The molecule has 0 amide bonds. The number of halogens is 2. The summed E-state index contributed by atoms with van der Waals surface area (Å²) in [6.07, 6.45) is -0.196. The van der Waals surface area contributed by atoms with Gasteiger partial charge in [0.25, 0.3) is 0 Å². The SMILES string of the molecule is CC1=C(c2cccc(Br)c2)C(c2ccc(I)cc2)Oc2ccc(O)cc21. The summed E-state index contributed by atoms with van der Waals surface area (Å²) in [5.41, 5.74) is 5.38. The van der Waals surface area contributed by atoms with Crippen molar-refractivity contribution in [3.05, 3.63) is 91.5 Å². The minimum Gasteiger partial charge on any atom is -0.508 e. The predicted octanol–water partition coefficient (Wildman–Crippen LogP) is 6.82. The van der Waals surface area contributed by atoms with Gasteiger partial charge >= 0.3 is 0 Å². The smallest absolute Gasteiger partial charge is 0.150 e. The first-order valence-electron chi connectivity index (χ1n) is 8.25. The molecule has 1 aliphatic rings. The van der Waals surface area contributed by atoms with Crippen LogP contribution in [-0.4, -0.2) is 5.11 Å². The Balaban J connectivity index is 1.95. The lowest BCUT2D eigenvalue weighted by Gasteiger charge is -2.31. The minimum atomic E-state index is -0.196. The second kappa shape index (κ2) is 7.08. The van der Waals surface area contributed by atoms with Crippen molar-refractivity contribution in [1.29, 1.82) is 0 Å². The highest BCUT2D eigenvalue weighted by atomic mass is 127. The molecule has 4 heteroatoms. The van der Waals surface area contributed by atoms with E-state index in [-0.39, 0.29) is 11.9 Å². The molecule has 0 saturated heterocycles. The molecule has 0 saturated carbocycles. The molecule has 130 valence electrons. The van der Waals surface area contributed by atoms with E-state index < -0.39 is 0 Å². The van der Waals surface area contributed by atoms with E-state index in [1.807, 2.05) is 18.2 Å². The minimum absolute atomic E-state index is 0.196. The second-order valence-electron chi connectivity index (χ2n) is 6.28. The summed E-state index contributed by atoms with van der Waals surface area (Å²) in [4.78, 5) is 0. The third-order valence-corrected chi connectivity index (χ3v) is 5.80. The summed E-state index contributed by atoms with van der Waals surface area (Å²) in [6.45, 7) is 2.09. The monoisotopic (exact) mass is 518 g/mol. The average Bonchev–Trinajstić information content (AvgIpc) is 2.63. The van der Waals surface area contributed by atoms with Crippen molar-refractivity contribution in [3.8, 4) is 11.5 Å². The number of hydrogen-bond donors (Lipinski definition) is 1. The van der Waals surface area contributed by atoms with Crippen LogP contribution in [-0.2, 0) is 0 Å². The Labute approximate surface area is 174 Å². The van der Waals surface area contributed by atoms with Gasteiger partial charge in [0.15, 0.2) is 0 Å². The molecule has 1 aliphatic heterocycles. The normalized spacial score (nSPS) is 16.2. The van der Waals surface area contributed by atoms with Crippen LogP contribution >= 0.6 is 38.5 Å². The molecule has 0 radical (unpaired) electrons. The van der Waals surface area contributed by atoms with Gasteiger partial charge < -0.3 is 9.84 Å². The highest BCUT2D eigenvalue weighted by Gasteiger charge is 2.29. The van der Waals surface area contributed by atoms with Crippen LogP contribution in [0.4, 0.5) is 0 Å². The Kier molecular flexibility index (Phi) is 4.80. The highest BCUT2D eigenvalue weighted by molar-refractivity contribution is 14.1. The Morgan fingerprint density at radius 2 is 1.77 bits per heavy atom. The quantitative estimate of drug-likeness (QED) is 0.377. The topological polar surface area (TPSA) is 29.5 Å². The molecule has 1 heterocycles. The number of rotatable bonds is 2. The van der Waals surface area contributed by atoms with Gasteiger partial charge in [-0.1, -0.05) is 40.2 Å². The molecule has 0 fully saturated rings. The van der Waals surface area contributed by atoms with Crippen molar-refractivity contribution in [2.45, 2.75) is 13.0 Å². The van der Waals surface area contributed by atoms with Crippen LogP contribution in [0.2, 0.25) is 0 Å². The van der Waals surface area contributed by atoms with Crippen molar-refractivity contribution < 1.29 is 9.84 Å². The van der Waals surface area contributed by atoms with E-state index in [4.69, 9.17) is 4.74 Å². The molecule has 26 heavy (non-hydrogen) atoms. The van der Waals surface area contributed by atoms with Crippen LogP contribution in [0.3, 0.4) is 0 Å². The first kappa shape index (κ1) is 17.6. The van der Waals surface area contributed by atoms with Crippen molar-refractivity contribution in [2.75, 3.05) is 0 Å². The van der Waals surface area contributed by atoms with Gasteiger partial charge in [0.2, 0.25) is 0 Å². The number of phenols is 1. The summed E-state index contributed by atoms with van der Waals surface area (Å²) in [7, 11) is 0. The molecule has 1 unspecified atom stereocenters. The maximum atomic E-state index is 9.93. The third-order valence-electron chi connectivity index (χ3n) is 4.59. The van der Waals surface area contributed by atoms with Gasteiger partial charge in [-0.25, -0.2) is 0 Å². The summed E-state index contributed by atoms with van der Waals surface area (Å²) < 4.78 is 8.62. The van der Waals surface area contributed by atoms with E-state index in [2.05, 4.69) is 81.8 Å². The highest BCUT2D eigenvalue weighted by Crippen LogP contribution is 2.47. The Morgan fingerprint density at radius 1 is 1.00 bits per heavy atom. The summed E-state index contributed by atoms with van der Waals surface area (Å²) >= 11 is 5.88. The van der Waals surface area contributed by atoms with Crippen LogP contribution in [0, 0.1) is 3.57 Å². The van der Waals surface area contributed by atoms with Crippen molar-refractivity contribution >= 4 is 49.7 Å². The lowest BCUT2D eigenvalue weighted by Crippen LogP contribution is -2.16. The Morgan fingerprint density at radius 3 is 2.50 bits per heavy atom. The molecule has 0 bridgehead atoms. The lowest BCUT2D eigenvalue weighted by atomic mass is 9.86. The fourth-order valence-corrected chi connectivity index (χ4v) is 4.10. The number of hydrogen-bond acceptors (Lipinski definition) is 2. The number of ether oxygens (including phenoxy) is 1. The Bertz CT molecular complexity index is 1010. The van der Waals surface area contributed by atoms with E-state index in [0.717, 1.165) is 38.1 Å². The van der Waals surface area contributed by atoms with E-state index in [1.165, 1.54) is 3.57 Å². The third kappa shape index (κ3) is 3.28. The maximum absolute atomic E-state index is 9.93. The first-order valence-corrected chi connectivity index (χ1v) is 10.1. The zero-order valence-corrected chi connectivity index (χ0v) is 17.8. The number of benzene rings is 3. The first-order chi connectivity index (χ1) is 12.5. The molecule has 0 aromatic heterocycles. The summed E-state index contributed by atoms with van der Waals surface area (Å²) in [6, 6.07) is 22.0. The van der Waals surface area contributed by atoms with Gasteiger partial charge in [-0.05, 0) is 88.7 Å². The van der Waals surface area contributed by atoms with Gasteiger partial charge in [0, 0.05) is 19.2 Å². The zero-order valence-electron chi connectivity index (χ0n) is 14.0. The molecule has 3 aromatic carbocycles. The van der Waals surface area contributed by atoms with Crippen molar-refractivity contribution in [1.82, 2.24) is 0 Å².